The molecule has 0 aliphatic heterocycles. The van der Waals surface area contributed by atoms with Crippen molar-refractivity contribution in [1.29, 1.82) is 0 Å². The Morgan fingerprint density at radius 2 is 2.00 bits per heavy atom. The Morgan fingerprint density at radius 3 is 2.50 bits per heavy atom. The molecule has 0 saturated heterocycles. The first-order valence-electron chi connectivity index (χ1n) is 5.33. The molecule has 1 aromatic carbocycles. The second-order valence-electron chi connectivity index (χ2n) is 3.63. The molecular weight excluding hydrogens is 204 g/mol. The molecule has 0 bridgehead atoms. The van der Waals surface area contributed by atoms with E-state index in [9.17, 15) is 4.79 Å². The van der Waals surface area contributed by atoms with Crippen LogP contribution in [0.4, 0.5) is 0 Å². The third-order valence-electron chi connectivity index (χ3n) is 2.43. The Kier molecular flexibility index (Phi) is 4.95. The van der Waals surface area contributed by atoms with E-state index >= 15 is 0 Å². The third-order valence-corrected chi connectivity index (χ3v) is 2.43. The summed E-state index contributed by atoms with van der Waals surface area (Å²) in [6, 6.07) is 6.50. The molecule has 4 heteroatoms. The normalized spacial score (nSPS) is 12.2. The standard InChI is InChI=1S/C12H18N2O2/c1-16-10-6-4-9(5-7-10)12(15)11(14)3-2-8-13/h4-7,11H,2-3,8,13-14H2,1H3. The molecule has 1 atom stereocenters. The zero-order valence-corrected chi connectivity index (χ0v) is 9.48. The summed E-state index contributed by atoms with van der Waals surface area (Å²) in [5.74, 6) is 0.684. The molecule has 16 heavy (non-hydrogen) atoms. The van der Waals surface area contributed by atoms with Crippen molar-refractivity contribution in [3.8, 4) is 5.75 Å². The summed E-state index contributed by atoms with van der Waals surface area (Å²) < 4.78 is 5.02. The number of ketones is 1. The molecule has 1 unspecified atom stereocenters. The van der Waals surface area contributed by atoms with Crippen molar-refractivity contribution in [2.24, 2.45) is 11.5 Å². The predicted molar refractivity (Wildman–Crippen MR) is 63.6 cm³/mol. The minimum Gasteiger partial charge on any atom is -0.497 e. The number of nitrogens with two attached hydrogens (primary N) is 2. The summed E-state index contributed by atoms with van der Waals surface area (Å²) in [6.07, 6.45) is 1.39. The lowest BCUT2D eigenvalue weighted by Gasteiger charge is -2.10. The van der Waals surface area contributed by atoms with Crippen molar-refractivity contribution in [2.75, 3.05) is 13.7 Å². The van der Waals surface area contributed by atoms with Crippen molar-refractivity contribution in [1.82, 2.24) is 0 Å². The zero-order chi connectivity index (χ0) is 12.0. The second-order valence-corrected chi connectivity index (χ2v) is 3.63. The topological polar surface area (TPSA) is 78.3 Å². The Morgan fingerprint density at radius 1 is 1.38 bits per heavy atom. The van der Waals surface area contributed by atoms with E-state index in [0.717, 1.165) is 12.2 Å². The van der Waals surface area contributed by atoms with Gasteiger partial charge in [0.05, 0.1) is 13.2 Å². The van der Waals surface area contributed by atoms with Gasteiger partial charge in [-0.05, 0) is 43.7 Å². The molecular formula is C12H18N2O2. The molecule has 0 aliphatic carbocycles. The van der Waals surface area contributed by atoms with Gasteiger partial charge in [0.1, 0.15) is 5.75 Å². The number of carbonyl (C=O) groups is 1. The Labute approximate surface area is 95.6 Å². The molecule has 0 aliphatic rings. The predicted octanol–water partition coefficient (Wildman–Crippen LogP) is 0.944. The van der Waals surface area contributed by atoms with Gasteiger partial charge >= 0.3 is 0 Å². The molecule has 4 N–H and O–H groups in total. The summed E-state index contributed by atoms with van der Waals surface area (Å²) >= 11 is 0. The highest BCUT2D eigenvalue weighted by Crippen LogP contribution is 2.13. The Balaban J connectivity index is 2.64. The van der Waals surface area contributed by atoms with Crippen LogP contribution in [0, 0.1) is 0 Å². The summed E-state index contributed by atoms with van der Waals surface area (Å²) in [5.41, 5.74) is 11.8. The van der Waals surface area contributed by atoms with E-state index in [0.29, 0.717) is 18.5 Å². The zero-order valence-electron chi connectivity index (χ0n) is 9.48. The van der Waals surface area contributed by atoms with Crippen molar-refractivity contribution >= 4 is 5.78 Å². The van der Waals surface area contributed by atoms with Crippen molar-refractivity contribution in [2.45, 2.75) is 18.9 Å². The maximum absolute atomic E-state index is 11.8. The van der Waals surface area contributed by atoms with Gasteiger partial charge in [0.15, 0.2) is 5.78 Å². The number of Topliss-reactive ketones (excluding diaryl/α,β-unsaturated/α-hetero) is 1. The number of methoxy groups -OCH3 is 1. The average Bonchev–Trinajstić information content (AvgIpc) is 2.35. The lowest BCUT2D eigenvalue weighted by molar-refractivity contribution is 0.0956. The van der Waals surface area contributed by atoms with Crippen molar-refractivity contribution in [3.63, 3.8) is 0 Å². The minimum absolute atomic E-state index is 0.0453. The molecule has 88 valence electrons. The highest BCUT2D eigenvalue weighted by molar-refractivity contribution is 6.00. The van der Waals surface area contributed by atoms with Crippen LogP contribution in [0.5, 0.6) is 5.75 Å². The number of hydrogen-bond donors (Lipinski definition) is 2. The Hall–Kier alpha value is -1.39. The van der Waals surface area contributed by atoms with Gasteiger partial charge in [-0.15, -0.1) is 0 Å². The molecule has 0 aromatic heterocycles. The molecule has 1 rings (SSSR count). The lowest BCUT2D eigenvalue weighted by Crippen LogP contribution is -2.31. The van der Waals surface area contributed by atoms with E-state index in [-0.39, 0.29) is 5.78 Å². The number of benzene rings is 1. The maximum atomic E-state index is 11.8. The van der Waals surface area contributed by atoms with Crippen LogP contribution >= 0.6 is 0 Å². The third kappa shape index (κ3) is 3.32. The van der Waals surface area contributed by atoms with E-state index in [1.165, 1.54) is 0 Å². The van der Waals surface area contributed by atoms with E-state index in [2.05, 4.69) is 0 Å². The first-order chi connectivity index (χ1) is 7.69. The largest absolute Gasteiger partial charge is 0.497 e. The van der Waals surface area contributed by atoms with Gasteiger partial charge in [0, 0.05) is 5.56 Å². The van der Waals surface area contributed by atoms with Crippen LogP contribution in [0.1, 0.15) is 23.2 Å². The molecule has 0 radical (unpaired) electrons. The highest BCUT2D eigenvalue weighted by atomic mass is 16.5. The van der Waals surface area contributed by atoms with Gasteiger partial charge in [-0.1, -0.05) is 0 Å². The van der Waals surface area contributed by atoms with Crippen LogP contribution in [0.25, 0.3) is 0 Å². The van der Waals surface area contributed by atoms with Crippen molar-refractivity contribution in [3.05, 3.63) is 29.8 Å². The Bertz CT molecular complexity index is 335. The van der Waals surface area contributed by atoms with Crippen LogP contribution in [-0.4, -0.2) is 25.5 Å². The van der Waals surface area contributed by atoms with Gasteiger partial charge in [-0.3, -0.25) is 4.79 Å². The van der Waals surface area contributed by atoms with Crippen LogP contribution in [0.15, 0.2) is 24.3 Å². The number of carbonyl (C=O) groups excluding carboxylic acids is 1. The number of hydrogen-bond acceptors (Lipinski definition) is 4. The minimum atomic E-state index is -0.461. The van der Waals surface area contributed by atoms with Crippen LogP contribution in [0.3, 0.4) is 0 Å². The van der Waals surface area contributed by atoms with Crippen LogP contribution < -0.4 is 16.2 Å². The fourth-order valence-corrected chi connectivity index (χ4v) is 1.44. The molecule has 0 heterocycles. The van der Waals surface area contributed by atoms with E-state index < -0.39 is 6.04 Å². The molecule has 0 saturated carbocycles. The fraction of sp³-hybridized carbons (Fsp3) is 0.417. The van der Waals surface area contributed by atoms with E-state index in [4.69, 9.17) is 16.2 Å². The summed E-state index contributed by atoms with van der Waals surface area (Å²) in [7, 11) is 1.59. The second kappa shape index (κ2) is 6.25. The fourth-order valence-electron chi connectivity index (χ4n) is 1.44. The number of ether oxygens (including phenoxy) is 1. The number of rotatable bonds is 6. The monoisotopic (exact) mass is 222 g/mol. The summed E-state index contributed by atoms with van der Waals surface area (Å²) in [4.78, 5) is 11.8. The van der Waals surface area contributed by atoms with Gasteiger partial charge < -0.3 is 16.2 Å². The summed E-state index contributed by atoms with van der Waals surface area (Å²) in [6.45, 7) is 0.559. The summed E-state index contributed by atoms with van der Waals surface area (Å²) in [5, 5.41) is 0. The van der Waals surface area contributed by atoms with Crippen LogP contribution in [0.2, 0.25) is 0 Å². The van der Waals surface area contributed by atoms with Gasteiger partial charge in [-0.25, -0.2) is 0 Å². The SMILES string of the molecule is COc1ccc(C(=O)C(N)CCCN)cc1. The molecule has 0 spiro atoms. The average molecular weight is 222 g/mol. The highest BCUT2D eigenvalue weighted by Gasteiger charge is 2.14. The van der Waals surface area contributed by atoms with Gasteiger partial charge in [0.25, 0.3) is 0 Å². The van der Waals surface area contributed by atoms with Gasteiger partial charge in [-0.2, -0.15) is 0 Å². The first kappa shape index (κ1) is 12.7. The lowest BCUT2D eigenvalue weighted by atomic mass is 10.0. The van der Waals surface area contributed by atoms with E-state index in [1.54, 1.807) is 31.4 Å². The maximum Gasteiger partial charge on any atom is 0.179 e. The molecule has 0 amide bonds. The van der Waals surface area contributed by atoms with Crippen LogP contribution in [-0.2, 0) is 0 Å². The smallest absolute Gasteiger partial charge is 0.179 e. The first-order valence-corrected chi connectivity index (χ1v) is 5.33. The van der Waals surface area contributed by atoms with Gasteiger partial charge in [0.2, 0.25) is 0 Å². The van der Waals surface area contributed by atoms with E-state index in [1.807, 2.05) is 0 Å². The molecule has 4 nitrogen and oxygen atoms in total. The molecule has 0 fully saturated rings. The molecule has 1 aromatic rings. The quantitative estimate of drug-likeness (QED) is 0.702. The van der Waals surface area contributed by atoms with Crippen molar-refractivity contribution < 1.29 is 9.53 Å².